The molecule has 1 N–H and O–H groups in total. The monoisotopic (exact) mass is 437 g/mol. The number of hydrogen-bond acceptors (Lipinski definition) is 5. The van der Waals surface area contributed by atoms with Crippen molar-refractivity contribution in [3.05, 3.63) is 47.3 Å². The van der Waals surface area contributed by atoms with Crippen LogP contribution in [-0.2, 0) is 6.18 Å². The second kappa shape index (κ2) is 8.93. The molecular formula is C21H22F3N3S2. The molecule has 29 heavy (non-hydrogen) atoms. The quantitative estimate of drug-likeness (QED) is 0.491. The van der Waals surface area contributed by atoms with Gasteiger partial charge in [-0.2, -0.15) is 24.9 Å². The highest BCUT2D eigenvalue weighted by molar-refractivity contribution is 7.99. The highest BCUT2D eigenvalue weighted by Crippen LogP contribution is 2.34. The van der Waals surface area contributed by atoms with Gasteiger partial charge in [0.1, 0.15) is 0 Å². The largest absolute Gasteiger partial charge is 0.416 e. The SMILES string of the molecule is FC(F)(F)c1ccc(-c2cc(NCCCN3CCSCC3)c3sccc3n2)cc1. The summed E-state index contributed by atoms with van der Waals surface area (Å²) >= 11 is 3.64. The zero-order valence-electron chi connectivity index (χ0n) is 15.8. The molecule has 3 nitrogen and oxygen atoms in total. The van der Waals surface area contributed by atoms with E-state index in [-0.39, 0.29) is 0 Å². The second-order valence-corrected chi connectivity index (χ2v) is 9.14. The van der Waals surface area contributed by atoms with E-state index in [1.54, 1.807) is 11.3 Å². The van der Waals surface area contributed by atoms with Crippen molar-refractivity contribution in [2.24, 2.45) is 0 Å². The fourth-order valence-corrected chi connectivity index (χ4v) is 5.22. The van der Waals surface area contributed by atoms with E-state index in [1.165, 1.54) is 23.6 Å². The summed E-state index contributed by atoms with van der Waals surface area (Å²) in [5, 5.41) is 5.51. The number of aromatic nitrogens is 1. The van der Waals surface area contributed by atoms with Crippen LogP contribution in [-0.4, -0.2) is 47.6 Å². The summed E-state index contributed by atoms with van der Waals surface area (Å²) in [6.07, 6.45) is -3.28. The van der Waals surface area contributed by atoms with Crippen LogP contribution < -0.4 is 5.32 Å². The predicted molar refractivity (Wildman–Crippen MR) is 117 cm³/mol. The van der Waals surface area contributed by atoms with E-state index < -0.39 is 11.7 Å². The Bertz CT molecular complexity index is 948. The second-order valence-electron chi connectivity index (χ2n) is 7.00. The molecule has 2 aromatic heterocycles. The molecule has 154 valence electrons. The highest BCUT2D eigenvalue weighted by Gasteiger charge is 2.30. The van der Waals surface area contributed by atoms with Gasteiger partial charge in [0.25, 0.3) is 0 Å². The molecule has 1 fully saturated rings. The van der Waals surface area contributed by atoms with Crippen LogP contribution in [0.25, 0.3) is 21.5 Å². The molecule has 1 aromatic carbocycles. The minimum atomic E-state index is -4.33. The maximum atomic E-state index is 12.8. The van der Waals surface area contributed by atoms with Crippen molar-refractivity contribution in [2.75, 3.05) is 43.0 Å². The normalized spacial score (nSPS) is 15.7. The molecule has 0 bridgehead atoms. The first-order valence-electron chi connectivity index (χ1n) is 9.60. The lowest BCUT2D eigenvalue weighted by atomic mass is 10.1. The van der Waals surface area contributed by atoms with Crippen molar-refractivity contribution < 1.29 is 13.2 Å². The molecule has 0 amide bonds. The average molecular weight is 438 g/mol. The molecule has 0 unspecified atom stereocenters. The molecule has 1 aliphatic rings. The number of nitrogens with zero attached hydrogens (tertiary/aromatic N) is 2. The number of pyridine rings is 1. The molecule has 0 aliphatic carbocycles. The van der Waals surface area contributed by atoms with Crippen molar-refractivity contribution in [2.45, 2.75) is 12.6 Å². The average Bonchev–Trinajstić information content (AvgIpc) is 3.20. The van der Waals surface area contributed by atoms with Gasteiger partial charge in [-0.1, -0.05) is 12.1 Å². The van der Waals surface area contributed by atoms with Crippen molar-refractivity contribution >= 4 is 39.0 Å². The molecule has 1 aliphatic heterocycles. The maximum Gasteiger partial charge on any atom is 0.416 e. The van der Waals surface area contributed by atoms with Crippen molar-refractivity contribution in [1.29, 1.82) is 0 Å². The first-order chi connectivity index (χ1) is 14.0. The van der Waals surface area contributed by atoms with Crippen molar-refractivity contribution in [1.82, 2.24) is 9.88 Å². The van der Waals surface area contributed by atoms with Gasteiger partial charge in [-0.25, -0.2) is 4.98 Å². The fourth-order valence-electron chi connectivity index (χ4n) is 3.42. The Morgan fingerprint density at radius 3 is 2.55 bits per heavy atom. The number of alkyl halides is 3. The van der Waals surface area contributed by atoms with Crippen molar-refractivity contribution in [3.63, 3.8) is 0 Å². The first-order valence-corrected chi connectivity index (χ1v) is 11.6. The van der Waals surface area contributed by atoms with Crippen molar-refractivity contribution in [3.8, 4) is 11.3 Å². The van der Waals surface area contributed by atoms with E-state index >= 15 is 0 Å². The van der Waals surface area contributed by atoms with Gasteiger partial charge in [-0.3, -0.25) is 0 Å². The molecule has 8 heteroatoms. The Morgan fingerprint density at radius 2 is 1.83 bits per heavy atom. The first kappa shape index (κ1) is 20.5. The molecule has 0 saturated carbocycles. The van der Waals surface area contributed by atoms with Crippen LogP contribution in [0.2, 0.25) is 0 Å². The number of hydrogen-bond donors (Lipinski definition) is 1. The van der Waals surface area contributed by atoms with E-state index in [0.717, 1.165) is 60.6 Å². The maximum absolute atomic E-state index is 12.8. The molecule has 4 rings (SSSR count). The van der Waals surface area contributed by atoms with Crippen LogP contribution >= 0.6 is 23.1 Å². The van der Waals surface area contributed by atoms with Gasteiger partial charge < -0.3 is 10.2 Å². The molecule has 3 aromatic rings. The summed E-state index contributed by atoms with van der Waals surface area (Å²) in [6, 6.07) is 9.09. The Morgan fingerprint density at radius 1 is 1.07 bits per heavy atom. The summed E-state index contributed by atoms with van der Waals surface area (Å²) < 4.78 is 39.6. The third kappa shape index (κ3) is 5.05. The molecule has 0 atom stereocenters. The summed E-state index contributed by atoms with van der Waals surface area (Å²) in [7, 11) is 0. The van der Waals surface area contributed by atoms with Gasteiger partial charge in [0.15, 0.2) is 0 Å². The fraction of sp³-hybridized carbons (Fsp3) is 0.381. The molecule has 1 saturated heterocycles. The van der Waals surface area contributed by atoms with Crippen LogP contribution in [0.15, 0.2) is 41.8 Å². The number of anilines is 1. The number of fused-ring (bicyclic) bond motifs is 1. The number of halogens is 3. The Labute approximate surface area is 176 Å². The van der Waals surface area contributed by atoms with Gasteiger partial charge in [-0.15, -0.1) is 11.3 Å². The summed E-state index contributed by atoms with van der Waals surface area (Å²) in [5.41, 5.74) is 2.57. The van der Waals surface area contributed by atoms with Crippen LogP contribution in [0, 0.1) is 0 Å². The molecule has 0 radical (unpaired) electrons. The summed E-state index contributed by atoms with van der Waals surface area (Å²) in [6.45, 7) is 4.26. The predicted octanol–water partition coefficient (Wildman–Crippen LogP) is 5.83. The van der Waals surface area contributed by atoms with Gasteiger partial charge in [0.2, 0.25) is 0 Å². The van der Waals surface area contributed by atoms with E-state index in [0.29, 0.717) is 11.3 Å². The Hall–Kier alpha value is -1.77. The third-order valence-corrected chi connectivity index (χ3v) is 6.87. The summed E-state index contributed by atoms with van der Waals surface area (Å²) in [5.74, 6) is 2.42. The van der Waals surface area contributed by atoms with Crippen LogP contribution in [0.1, 0.15) is 12.0 Å². The van der Waals surface area contributed by atoms with Crippen LogP contribution in [0.3, 0.4) is 0 Å². The topological polar surface area (TPSA) is 28.2 Å². The van der Waals surface area contributed by atoms with Gasteiger partial charge in [-0.05, 0) is 42.6 Å². The number of thioether (sulfide) groups is 1. The molecular weight excluding hydrogens is 415 g/mol. The molecule has 3 heterocycles. The number of nitrogens with one attached hydrogen (secondary N) is 1. The number of thiophene rings is 1. The standard InChI is InChI=1S/C21H22F3N3S2/c22-21(23,24)16-4-2-15(3-5-16)18-14-19(20-17(26-18)6-11-29-20)25-7-1-8-27-9-12-28-13-10-27/h2-6,11,14H,1,7-10,12-13H2,(H,25,26). The molecule has 0 spiro atoms. The smallest absolute Gasteiger partial charge is 0.384 e. The van der Waals surface area contributed by atoms with Crippen LogP contribution in [0.5, 0.6) is 0 Å². The lowest BCUT2D eigenvalue weighted by Crippen LogP contribution is -2.34. The lowest BCUT2D eigenvalue weighted by molar-refractivity contribution is -0.137. The van der Waals surface area contributed by atoms with E-state index in [1.807, 2.05) is 29.3 Å². The Kier molecular flexibility index (Phi) is 6.32. The van der Waals surface area contributed by atoms with Crippen LogP contribution in [0.4, 0.5) is 18.9 Å². The van der Waals surface area contributed by atoms with Gasteiger partial charge in [0, 0.05) is 36.7 Å². The lowest BCUT2D eigenvalue weighted by Gasteiger charge is -2.26. The zero-order valence-corrected chi connectivity index (χ0v) is 17.5. The number of rotatable bonds is 6. The van der Waals surface area contributed by atoms with Gasteiger partial charge in [0.05, 0.1) is 27.2 Å². The summed E-state index contributed by atoms with van der Waals surface area (Å²) in [4.78, 5) is 7.14. The zero-order chi connectivity index (χ0) is 20.3. The minimum Gasteiger partial charge on any atom is -0.384 e. The van der Waals surface area contributed by atoms with Gasteiger partial charge >= 0.3 is 6.18 Å². The van der Waals surface area contributed by atoms with E-state index in [2.05, 4.69) is 15.2 Å². The third-order valence-electron chi connectivity index (χ3n) is 4.99. The minimum absolute atomic E-state index is 0.646. The van der Waals surface area contributed by atoms with E-state index in [4.69, 9.17) is 0 Å². The Balaban J connectivity index is 1.48. The number of benzene rings is 1. The highest BCUT2D eigenvalue weighted by atomic mass is 32.2. The van der Waals surface area contributed by atoms with E-state index in [9.17, 15) is 13.2 Å².